The van der Waals surface area contributed by atoms with Gasteiger partial charge in [0.1, 0.15) is 6.33 Å². The van der Waals surface area contributed by atoms with Gasteiger partial charge in [-0.3, -0.25) is 4.57 Å². The number of aromatic nitrogens is 3. The first-order valence-corrected chi connectivity index (χ1v) is 6.83. The summed E-state index contributed by atoms with van der Waals surface area (Å²) in [5.41, 5.74) is 1.06. The Morgan fingerprint density at radius 2 is 2.15 bits per heavy atom. The fourth-order valence-corrected chi connectivity index (χ4v) is 2.03. The SMILES string of the molecule is CC(CCC#N)CNCc1nncn1-c1ccccc1. The Balaban J connectivity index is 1.89. The van der Waals surface area contributed by atoms with Crippen LogP contribution in [-0.2, 0) is 6.54 Å². The van der Waals surface area contributed by atoms with Gasteiger partial charge in [0.15, 0.2) is 5.82 Å². The molecule has 5 nitrogen and oxygen atoms in total. The van der Waals surface area contributed by atoms with Gasteiger partial charge in [0.05, 0.1) is 12.6 Å². The lowest BCUT2D eigenvalue weighted by atomic mass is 10.1. The summed E-state index contributed by atoms with van der Waals surface area (Å²) in [6, 6.07) is 12.2. The Bertz CT molecular complexity index is 555. The summed E-state index contributed by atoms with van der Waals surface area (Å²) >= 11 is 0. The van der Waals surface area contributed by atoms with E-state index in [0.717, 1.165) is 24.5 Å². The van der Waals surface area contributed by atoms with E-state index in [4.69, 9.17) is 5.26 Å². The summed E-state index contributed by atoms with van der Waals surface area (Å²) in [6.07, 6.45) is 3.27. The van der Waals surface area contributed by atoms with Gasteiger partial charge < -0.3 is 5.32 Å². The second-order valence-corrected chi connectivity index (χ2v) is 4.89. The summed E-state index contributed by atoms with van der Waals surface area (Å²) < 4.78 is 1.98. The normalized spacial score (nSPS) is 12.0. The molecule has 0 spiro atoms. The molecule has 1 heterocycles. The number of nitriles is 1. The van der Waals surface area contributed by atoms with Crippen LogP contribution < -0.4 is 5.32 Å². The van der Waals surface area contributed by atoms with Crippen LogP contribution in [0.25, 0.3) is 5.69 Å². The van der Waals surface area contributed by atoms with Crippen LogP contribution in [0.2, 0.25) is 0 Å². The molecule has 0 aliphatic carbocycles. The topological polar surface area (TPSA) is 66.5 Å². The van der Waals surface area contributed by atoms with E-state index in [1.165, 1.54) is 0 Å². The predicted octanol–water partition coefficient (Wildman–Crippen LogP) is 2.30. The fourth-order valence-electron chi connectivity index (χ4n) is 2.03. The highest BCUT2D eigenvalue weighted by Crippen LogP contribution is 2.09. The van der Waals surface area contributed by atoms with Gasteiger partial charge >= 0.3 is 0 Å². The molecule has 2 rings (SSSR count). The molecule has 0 aliphatic heterocycles. The lowest BCUT2D eigenvalue weighted by Gasteiger charge is -2.11. The molecule has 20 heavy (non-hydrogen) atoms. The van der Waals surface area contributed by atoms with Gasteiger partial charge in [0.25, 0.3) is 0 Å². The standard InChI is InChI=1S/C15H19N5/c1-13(6-5-9-16)10-17-11-15-19-18-12-20(15)14-7-3-2-4-8-14/h2-4,7-8,12-13,17H,5-6,10-11H2,1H3. The molecule has 0 bridgehead atoms. The van der Waals surface area contributed by atoms with E-state index in [-0.39, 0.29) is 0 Å². The molecule has 1 N–H and O–H groups in total. The van der Waals surface area contributed by atoms with Gasteiger partial charge in [-0.2, -0.15) is 5.26 Å². The van der Waals surface area contributed by atoms with Crippen LogP contribution in [0, 0.1) is 17.2 Å². The van der Waals surface area contributed by atoms with Crippen LogP contribution in [0.3, 0.4) is 0 Å². The lowest BCUT2D eigenvalue weighted by Crippen LogP contribution is -2.22. The predicted molar refractivity (Wildman–Crippen MR) is 77.1 cm³/mol. The molecule has 5 heteroatoms. The van der Waals surface area contributed by atoms with E-state index in [2.05, 4.69) is 28.5 Å². The number of benzene rings is 1. The Morgan fingerprint density at radius 1 is 1.35 bits per heavy atom. The maximum absolute atomic E-state index is 8.56. The average Bonchev–Trinajstić information content (AvgIpc) is 2.94. The van der Waals surface area contributed by atoms with Crippen LogP contribution in [0.15, 0.2) is 36.7 Å². The molecule has 1 aromatic heterocycles. The van der Waals surface area contributed by atoms with Gasteiger partial charge in [0.2, 0.25) is 0 Å². The maximum Gasteiger partial charge on any atom is 0.151 e. The summed E-state index contributed by atoms with van der Waals surface area (Å²) in [5, 5.41) is 20.1. The number of rotatable bonds is 7. The molecular formula is C15H19N5. The van der Waals surface area contributed by atoms with Crippen molar-refractivity contribution in [3.63, 3.8) is 0 Å². The molecule has 2 aromatic rings. The molecule has 0 aliphatic rings. The van der Waals surface area contributed by atoms with Crippen LogP contribution in [0.4, 0.5) is 0 Å². The number of para-hydroxylation sites is 1. The van der Waals surface area contributed by atoms with E-state index in [1.807, 2.05) is 34.9 Å². The highest BCUT2D eigenvalue weighted by molar-refractivity contribution is 5.31. The second kappa shape index (κ2) is 7.41. The van der Waals surface area contributed by atoms with Crippen molar-refractivity contribution in [2.45, 2.75) is 26.3 Å². The zero-order valence-electron chi connectivity index (χ0n) is 11.7. The van der Waals surface area contributed by atoms with Crippen molar-refractivity contribution in [3.8, 4) is 11.8 Å². The van der Waals surface area contributed by atoms with Crippen molar-refractivity contribution in [1.82, 2.24) is 20.1 Å². The van der Waals surface area contributed by atoms with Crippen molar-refractivity contribution in [3.05, 3.63) is 42.5 Å². The largest absolute Gasteiger partial charge is 0.310 e. The monoisotopic (exact) mass is 269 g/mol. The smallest absolute Gasteiger partial charge is 0.151 e. The molecule has 0 fully saturated rings. The molecule has 1 aromatic carbocycles. The molecular weight excluding hydrogens is 250 g/mol. The third-order valence-corrected chi connectivity index (χ3v) is 3.18. The molecule has 0 saturated carbocycles. The van der Waals surface area contributed by atoms with E-state index in [9.17, 15) is 0 Å². The van der Waals surface area contributed by atoms with Gasteiger partial charge in [-0.15, -0.1) is 10.2 Å². The van der Waals surface area contributed by atoms with E-state index >= 15 is 0 Å². The third-order valence-electron chi connectivity index (χ3n) is 3.18. The van der Waals surface area contributed by atoms with Crippen molar-refractivity contribution >= 4 is 0 Å². The van der Waals surface area contributed by atoms with Crippen LogP contribution in [0.1, 0.15) is 25.6 Å². The summed E-state index contributed by atoms with van der Waals surface area (Å²) in [5.74, 6) is 1.38. The van der Waals surface area contributed by atoms with Crippen LogP contribution in [0.5, 0.6) is 0 Å². The molecule has 104 valence electrons. The second-order valence-electron chi connectivity index (χ2n) is 4.89. The molecule has 0 saturated heterocycles. The summed E-state index contributed by atoms with van der Waals surface area (Å²) in [7, 11) is 0. The number of hydrogen-bond acceptors (Lipinski definition) is 4. The zero-order valence-corrected chi connectivity index (χ0v) is 11.7. The highest BCUT2D eigenvalue weighted by Gasteiger charge is 2.07. The lowest BCUT2D eigenvalue weighted by molar-refractivity contribution is 0.480. The first-order valence-electron chi connectivity index (χ1n) is 6.83. The van der Waals surface area contributed by atoms with Gasteiger partial charge in [-0.25, -0.2) is 0 Å². The Labute approximate surface area is 119 Å². The Morgan fingerprint density at radius 3 is 2.90 bits per heavy atom. The highest BCUT2D eigenvalue weighted by atomic mass is 15.3. The summed E-state index contributed by atoms with van der Waals surface area (Å²) in [6.45, 7) is 3.70. The van der Waals surface area contributed by atoms with Crippen molar-refractivity contribution in [2.75, 3.05) is 6.54 Å². The van der Waals surface area contributed by atoms with Crippen molar-refractivity contribution < 1.29 is 0 Å². The Kier molecular flexibility index (Phi) is 5.27. The van der Waals surface area contributed by atoms with E-state index < -0.39 is 0 Å². The molecule has 0 amide bonds. The minimum absolute atomic E-state index is 0.489. The minimum Gasteiger partial charge on any atom is -0.310 e. The fraction of sp³-hybridized carbons (Fsp3) is 0.400. The van der Waals surface area contributed by atoms with Crippen molar-refractivity contribution in [2.24, 2.45) is 5.92 Å². The van der Waals surface area contributed by atoms with E-state index in [0.29, 0.717) is 18.9 Å². The first kappa shape index (κ1) is 14.2. The van der Waals surface area contributed by atoms with Gasteiger partial charge in [-0.05, 0) is 31.0 Å². The number of hydrogen-bond donors (Lipinski definition) is 1. The third kappa shape index (κ3) is 3.90. The molecule has 1 atom stereocenters. The minimum atomic E-state index is 0.489. The quantitative estimate of drug-likeness (QED) is 0.837. The Hall–Kier alpha value is -2.19. The van der Waals surface area contributed by atoms with E-state index in [1.54, 1.807) is 6.33 Å². The van der Waals surface area contributed by atoms with Crippen LogP contribution >= 0.6 is 0 Å². The van der Waals surface area contributed by atoms with Gasteiger partial charge in [-0.1, -0.05) is 25.1 Å². The van der Waals surface area contributed by atoms with Crippen molar-refractivity contribution in [1.29, 1.82) is 5.26 Å². The number of nitrogens with zero attached hydrogens (tertiary/aromatic N) is 4. The zero-order chi connectivity index (χ0) is 14.2. The molecule has 0 radical (unpaired) electrons. The average molecular weight is 269 g/mol. The summed E-state index contributed by atoms with van der Waals surface area (Å²) in [4.78, 5) is 0. The maximum atomic E-state index is 8.56. The first-order chi connectivity index (χ1) is 9.81. The van der Waals surface area contributed by atoms with Crippen LogP contribution in [-0.4, -0.2) is 21.3 Å². The number of nitrogens with one attached hydrogen (secondary N) is 1. The van der Waals surface area contributed by atoms with Gasteiger partial charge in [0, 0.05) is 12.1 Å². The molecule has 1 unspecified atom stereocenters.